The smallest absolute Gasteiger partial charge is 0.187 e. The second-order valence-electron chi connectivity index (χ2n) is 7.64. The zero-order chi connectivity index (χ0) is 14.3. The van der Waals surface area contributed by atoms with E-state index in [1.165, 1.54) is 44.2 Å². The first kappa shape index (κ1) is 14.3. The van der Waals surface area contributed by atoms with Gasteiger partial charge in [-0.25, -0.2) is 0 Å². The van der Waals surface area contributed by atoms with Crippen LogP contribution >= 0.6 is 12.2 Å². The van der Waals surface area contributed by atoms with Crippen molar-refractivity contribution in [2.75, 3.05) is 0 Å². The van der Waals surface area contributed by atoms with Gasteiger partial charge in [-0.2, -0.15) is 5.10 Å². The summed E-state index contributed by atoms with van der Waals surface area (Å²) in [4.78, 5) is 0. The molecule has 2 N–H and O–H groups in total. The van der Waals surface area contributed by atoms with Crippen LogP contribution in [0, 0.1) is 23.2 Å². The maximum absolute atomic E-state index is 5.26. The topological polar surface area (TPSA) is 36.4 Å². The molecule has 4 rings (SSSR count). The Kier molecular flexibility index (Phi) is 3.78. The molecule has 4 aliphatic rings. The highest BCUT2D eigenvalue weighted by molar-refractivity contribution is 7.80. The van der Waals surface area contributed by atoms with Crippen LogP contribution in [-0.4, -0.2) is 16.9 Å². The van der Waals surface area contributed by atoms with E-state index in [1.807, 2.05) is 0 Å². The van der Waals surface area contributed by atoms with E-state index in [1.54, 1.807) is 0 Å². The second-order valence-corrected chi connectivity index (χ2v) is 8.04. The standard InChI is InChI=1S/C16H27N3S/c1-10(2)17-15(20)19-18-11(3)16-7-12-4-13(8-16)6-14(5-12)9-16/h10,12-14H,4-9H2,1-3H3,(H2,17,19,20)/b18-11-. The molecular weight excluding hydrogens is 266 g/mol. The lowest BCUT2D eigenvalue weighted by molar-refractivity contribution is -0.0128. The lowest BCUT2D eigenvalue weighted by atomic mass is 9.48. The summed E-state index contributed by atoms with van der Waals surface area (Å²) < 4.78 is 0. The van der Waals surface area contributed by atoms with Gasteiger partial charge in [0.05, 0.1) is 0 Å². The highest BCUT2D eigenvalue weighted by Crippen LogP contribution is 2.60. The molecule has 0 atom stereocenters. The summed E-state index contributed by atoms with van der Waals surface area (Å²) in [6.45, 7) is 6.38. The van der Waals surface area contributed by atoms with Gasteiger partial charge >= 0.3 is 0 Å². The van der Waals surface area contributed by atoms with Crippen LogP contribution in [0.3, 0.4) is 0 Å². The Morgan fingerprint density at radius 1 is 1.10 bits per heavy atom. The van der Waals surface area contributed by atoms with Crippen LogP contribution in [0.1, 0.15) is 59.3 Å². The Balaban J connectivity index is 1.67. The molecule has 0 aromatic rings. The van der Waals surface area contributed by atoms with Crippen LogP contribution in [-0.2, 0) is 0 Å². The van der Waals surface area contributed by atoms with E-state index in [4.69, 9.17) is 12.2 Å². The molecule has 4 heteroatoms. The molecule has 20 heavy (non-hydrogen) atoms. The summed E-state index contributed by atoms with van der Waals surface area (Å²) in [5, 5.41) is 8.46. The highest BCUT2D eigenvalue weighted by Gasteiger charge is 2.52. The molecule has 4 fully saturated rings. The fourth-order valence-electron chi connectivity index (χ4n) is 5.10. The molecular formula is C16H27N3S. The zero-order valence-electron chi connectivity index (χ0n) is 12.9. The maximum atomic E-state index is 5.26. The molecule has 4 aliphatic carbocycles. The van der Waals surface area contributed by atoms with Crippen LogP contribution in [0.2, 0.25) is 0 Å². The van der Waals surface area contributed by atoms with Gasteiger partial charge < -0.3 is 5.32 Å². The van der Waals surface area contributed by atoms with Gasteiger partial charge in [-0.05, 0) is 89.3 Å². The maximum Gasteiger partial charge on any atom is 0.187 e. The van der Waals surface area contributed by atoms with Crippen molar-refractivity contribution in [3.63, 3.8) is 0 Å². The first-order chi connectivity index (χ1) is 9.47. The number of rotatable bonds is 3. The van der Waals surface area contributed by atoms with Crippen molar-refractivity contribution < 1.29 is 0 Å². The Morgan fingerprint density at radius 2 is 1.60 bits per heavy atom. The van der Waals surface area contributed by atoms with Gasteiger partial charge in [0.15, 0.2) is 5.11 Å². The minimum Gasteiger partial charge on any atom is -0.359 e. The summed E-state index contributed by atoms with van der Waals surface area (Å²) in [6, 6.07) is 0.352. The molecule has 0 aromatic carbocycles. The molecule has 0 unspecified atom stereocenters. The molecule has 0 spiro atoms. The first-order valence-electron chi connectivity index (χ1n) is 8.08. The van der Waals surface area contributed by atoms with Crippen LogP contribution in [0.25, 0.3) is 0 Å². The van der Waals surface area contributed by atoms with Gasteiger partial charge in [-0.15, -0.1) is 0 Å². The van der Waals surface area contributed by atoms with Gasteiger partial charge in [0.25, 0.3) is 0 Å². The largest absolute Gasteiger partial charge is 0.359 e. The third kappa shape index (κ3) is 2.72. The predicted octanol–water partition coefficient (Wildman–Crippen LogP) is 3.45. The van der Waals surface area contributed by atoms with E-state index < -0.39 is 0 Å². The number of thiocarbonyl (C=S) groups is 1. The molecule has 0 radical (unpaired) electrons. The number of nitrogens with one attached hydrogen (secondary N) is 2. The van der Waals surface area contributed by atoms with E-state index in [0.29, 0.717) is 16.6 Å². The molecule has 0 amide bonds. The minimum atomic E-state index is 0.352. The van der Waals surface area contributed by atoms with E-state index in [-0.39, 0.29) is 0 Å². The van der Waals surface area contributed by atoms with Gasteiger partial charge in [0.2, 0.25) is 0 Å². The lowest BCUT2D eigenvalue weighted by Crippen LogP contribution is -2.50. The summed E-state index contributed by atoms with van der Waals surface area (Å²) in [5.74, 6) is 2.89. The Labute approximate surface area is 128 Å². The molecule has 4 saturated carbocycles. The quantitative estimate of drug-likeness (QED) is 0.475. The molecule has 0 aliphatic heterocycles. The van der Waals surface area contributed by atoms with Crippen molar-refractivity contribution in [1.29, 1.82) is 0 Å². The zero-order valence-corrected chi connectivity index (χ0v) is 13.7. The normalized spacial score (nSPS) is 39.2. The predicted molar refractivity (Wildman–Crippen MR) is 87.7 cm³/mol. The lowest BCUT2D eigenvalue weighted by Gasteiger charge is -2.56. The van der Waals surface area contributed by atoms with Crippen LogP contribution in [0.4, 0.5) is 0 Å². The first-order valence-corrected chi connectivity index (χ1v) is 8.49. The third-order valence-corrected chi connectivity index (χ3v) is 5.76. The van der Waals surface area contributed by atoms with Gasteiger partial charge in [-0.1, -0.05) is 0 Å². The van der Waals surface area contributed by atoms with E-state index in [0.717, 1.165) is 17.8 Å². The number of hydrazone groups is 1. The van der Waals surface area contributed by atoms with Crippen LogP contribution in [0.15, 0.2) is 5.10 Å². The van der Waals surface area contributed by atoms with Gasteiger partial charge in [0.1, 0.15) is 0 Å². The highest BCUT2D eigenvalue weighted by atomic mass is 32.1. The van der Waals surface area contributed by atoms with Crippen molar-refractivity contribution in [3.05, 3.63) is 0 Å². The molecule has 0 aromatic heterocycles. The van der Waals surface area contributed by atoms with Gasteiger partial charge in [-0.3, -0.25) is 5.43 Å². The number of hydrogen-bond acceptors (Lipinski definition) is 2. The van der Waals surface area contributed by atoms with Crippen molar-refractivity contribution in [1.82, 2.24) is 10.7 Å². The van der Waals surface area contributed by atoms with Crippen molar-refractivity contribution in [3.8, 4) is 0 Å². The number of nitrogens with zero attached hydrogens (tertiary/aromatic N) is 1. The third-order valence-electron chi connectivity index (χ3n) is 5.55. The Hall–Kier alpha value is -0.640. The van der Waals surface area contributed by atoms with E-state index >= 15 is 0 Å². The van der Waals surface area contributed by atoms with E-state index in [9.17, 15) is 0 Å². The van der Waals surface area contributed by atoms with Crippen LogP contribution < -0.4 is 10.7 Å². The fourth-order valence-corrected chi connectivity index (χ4v) is 5.38. The van der Waals surface area contributed by atoms with Crippen molar-refractivity contribution in [2.24, 2.45) is 28.3 Å². The summed E-state index contributed by atoms with van der Waals surface area (Å²) in [5.41, 5.74) is 4.71. The average molecular weight is 293 g/mol. The molecule has 0 saturated heterocycles. The van der Waals surface area contributed by atoms with Crippen molar-refractivity contribution in [2.45, 2.75) is 65.3 Å². The Morgan fingerprint density at radius 3 is 2.05 bits per heavy atom. The van der Waals surface area contributed by atoms with Crippen LogP contribution in [0.5, 0.6) is 0 Å². The molecule has 3 nitrogen and oxygen atoms in total. The fraction of sp³-hybridized carbons (Fsp3) is 0.875. The summed E-state index contributed by atoms with van der Waals surface area (Å²) >= 11 is 5.26. The second kappa shape index (κ2) is 5.28. The molecule has 4 bridgehead atoms. The average Bonchev–Trinajstić information content (AvgIpc) is 2.33. The minimum absolute atomic E-state index is 0.352. The SMILES string of the molecule is C/C(=N/NC(=S)NC(C)C)C12CC3CC(CC(C3)C1)C2. The molecule has 112 valence electrons. The number of hydrogen-bond donors (Lipinski definition) is 2. The van der Waals surface area contributed by atoms with E-state index in [2.05, 4.69) is 36.6 Å². The summed E-state index contributed by atoms with van der Waals surface area (Å²) in [6.07, 6.45) is 8.52. The summed E-state index contributed by atoms with van der Waals surface area (Å²) in [7, 11) is 0. The monoisotopic (exact) mass is 293 g/mol. The Bertz CT molecular complexity index is 392. The molecule has 0 heterocycles. The van der Waals surface area contributed by atoms with Crippen molar-refractivity contribution >= 4 is 23.0 Å². The van der Waals surface area contributed by atoms with Gasteiger partial charge in [0, 0.05) is 17.2 Å².